The second-order valence-electron chi connectivity index (χ2n) is 8.41. The van der Waals surface area contributed by atoms with Gasteiger partial charge in [0.2, 0.25) is 0 Å². The molecule has 2 atom stereocenters. The van der Waals surface area contributed by atoms with Gasteiger partial charge in [-0.1, -0.05) is 36.4 Å². The second-order valence-corrected chi connectivity index (χ2v) is 8.41. The summed E-state index contributed by atoms with van der Waals surface area (Å²) in [6.45, 7) is 3.43. The van der Waals surface area contributed by atoms with E-state index >= 15 is 0 Å². The summed E-state index contributed by atoms with van der Waals surface area (Å²) in [5, 5.41) is 11.8. The van der Waals surface area contributed by atoms with Crippen molar-refractivity contribution in [3.05, 3.63) is 72.6 Å². The van der Waals surface area contributed by atoms with E-state index in [1.54, 1.807) is 0 Å². The zero-order valence-electron chi connectivity index (χ0n) is 16.9. The van der Waals surface area contributed by atoms with Crippen LogP contribution >= 0.6 is 0 Å². The van der Waals surface area contributed by atoms with Crippen molar-refractivity contribution in [1.29, 1.82) is 0 Å². The Hall–Kier alpha value is -3.06. The number of nitrogens with zero attached hydrogens (tertiary/aromatic N) is 3. The lowest BCUT2D eigenvalue weighted by Crippen LogP contribution is -2.40. The lowest BCUT2D eigenvalue weighted by atomic mass is 10.0. The van der Waals surface area contributed by atoms with E-state index in [1.807, 2.05) is 54.4 Å². The number of H-pyrrole nitrogens is 1. The molecule has 4 N–H and O–H groups in total. The average molecular weight is 399 g/mol. The Morgan fingerprint density at radius 2 is 1.93 bits per heavy atom. The summed E-state index contributed by atoms with van der Waals surface area (Å²) in [4.78, 5) is 14.7. The molecule has 0 saturated carbocycles. The van der Waals surface area contributed by atoms with Crippen molar-refractivity contribution in [2.45, 2.75) is 25.1 Å². The predicted molar refractivity (Wildman–Crippen MR) is 119 cm³/mol. The molecule has 5 rings (SSSR count). The summed E-state index contributed by atoms with van der Waals surface area (Å²) in [5.74, 6) is 0. The van der Waals surface area contributed by atoms with Crippen molar-refractivity contribution >= 4 is 11.0 Å². The summed E-state index contributed by atoms with van der Waals surface area (Å²) in [5.41, 5.74) is 11.3. The van der Waals surface area contributed by atoms with Crippen LogP contribution in [0.25, 0.3) is 33.5 Å². The number of aliphatic hydroxyl groups is 1. The molecule has 2 unspecified atom stereocenters. The quantitative estimate of drug-likeness (QED) is 0.487. The van der Waals surface area contributed by atoms with E-state index in [0.717, 1.165) is 46.5 Å². The van der Waals surface area contributed by atoms with E-state index in [4.69, 9.17) is 10.7 Å². The van der Waals surface area contributed by atoms with Crippen LogP contribution in [0.1, 0.15) is 25.3 Å². The van der Waals surface area contributed by atoms with Gasteiger partial charge in [0.1, 0.15) is 5.65 Å². The van der Waals surface area contributed by atoms with Crippen molar-refractivity contribution in [2.75, 3.05) is 13.1 Å². The summed E-state index contributed by atoms with van der Waals surface area (Å²) < 4.78 is 0. The molecule has 4 heterocycles. The van der Waals surface area contributed by atoms with E-state index in [0.29, 0.717) is 12.2 Å². The van der Waals surface area contributed by atoms with Crippen LogP contribution in [-0.2, 0) is 0 Å². The smallest absolute Gasteiger partial charge is 0.150 e. The highest BCUT2D eigenvalue weighted by molar-refractivity contribution is 5.86. The van der Waals surface area contributed by atoms with Crippen LogP contribution in [0.5, 0.6) is 0 Å². The molecule has 152 valence electrons. The fraction of sp³-hybridized carbons (Fsp3) is 0.250. The van der Waals surface area contributed by atoms with Gasteiger partial charge in [0.05, 0.1) is 11.4 Å². The van der Waals surface area contributed by atoms with E-state index in [9.17, 15) is 5.11 Å². The molecule has 30 heavy (non-hydrogen) atoms. The number of nitrogens with two attached hydrogens (primary N) is 1. The highest BCUT2D eigenvalue weighted by Crippen LogP contribution is 2.29. The minimum Gasteiger partial charge on any atom is -0.372 e. The largest absolute Gasteiger partial charge is 0.372 e. The van der Waals surface area contributed by atoms with Gasteiger partial charge in [0.25, 0.3) is 0 Å². The zero-order valence-corrected chi connectivity index (χ0v) is 16.9. The number of aliphatic hydroxyl groups excluding tert-OH is 1. The maximum absolute atomic E-state index is 10.8. The van der Waals surface area contributed by atoms with Gasteiger partial charge in [0.15, 0.2) is 6.23 Å². The lowest BCUT2D eigenvalue weighted by molar-refractivity contribution is 0.0123. The van der Waals surface area contributed by atoms with Gasteiger partial charge < -0.3 is 15.8 Å². The van der Waals surface area contributed by atoms with Crippen LogP contribution in [0.2, 0.25) is 0 Å². The first-order valence-electron chi connectivity index (χ1n) is 10.2. The van der Waals surface area contributed by atoms with Gasteiger partial charge in [0, 0.05) is 41.5 Å². The highest BCUT2D eigenvalue weighted by Gasteiger charge is 2.34. The van der Waals surface area contributed by atoms with Crippen molar-refractivity contribution in [3.63, 3.8) is 0 Å². The lowest BCUT2D eigenvalue weighted by Gasteiger charge is -2.24. The Bertz CT molecular complexity index is 1180. The first-order chi connectivity index (χ1) is 14.5. The fourth-order valence-corrected chi connectivity index (χ4v) is 4.10. The Labute approximate surface area is 175 Å². The molecule has 0 radical (unpaired) electrons. The maximum Gasteiger partial charge on any atom is 0.150 e. The number of hydrogen-bond acceptors (Lipinski definition) is 5. The Balaban J connectivity index is 1.45. The third-order valence-electron chi connectivity index (χ3n) is 5.77. The maximum atomic E-state index is 10.8. The molecule has 1 saturated heterocycles. The third kappa shape index (κ3) is 3.61. The minimum absolute atomic E-state index is 0.266. The van der Waals surface area contributed by atoms with E-state index in [-0.39, 0.29) is 5.54 Å². The fourth-order valence-electron chi connectivity index (χ4n) is 4.10. The molecule has 6 heteroatoms. The van der Waals surface area contributed by atoms with Crippen LogP contribution in [0.4, 0.5) is 0 Å². The van der Waals surface area contributed by atoms with E-state index < -0.39 is 6.23 Å². The van der Waals surface area contributed by atoms with Gasteiger partial charge >= 0.3 is 0 Å². The van der Waals surface area contributed by atoms with Gasteiger partial charge in [-0.25, -0.2) is 9.97 Å². The summed E-state index contributed by atoms with van der Waals surface area (Å²) in [6, 6.07) is 20.1. The number of aromatic nitrogens is 3. The summed E-state index contributed by atoms with van der Waals surface area (Å²) in [6.07, 6.45) is 1.92. The molecule has 0 aliphatic carbocycles. The number of aromatic amines is 1. The molecular weight excluding hydrogens is 374 g/mol. The molecule has 1 aromatic carbocycles. The van der Waals surface area contributed by atoms with Crippen LogP contribution in [0.3, 0.4) is 0 Å². The van der Waals surface area contributed by atoms with E-state index in [1.165, 1.54) is 0 Å². The Kier molecular flexibility index (Phi) is 4.62. The average Bonchev–Trinajstić information content (AvgIpc) is 3.36. The number of nitrogens with one attached hydrogen (secondary N) is 1. The summed E-state index contributed by atoms with van der Waals surface area (Å²) in [7, 11) is 0. The Morgan fingerprint density at radius 3 is 2.70 bits per heavy atom. The normalized spacial score (nSPS) is 20.6. The Morgan fingerprint density at radius 1 is 1.10 bits per heavy atom. The van der Waals surface area contributed by atoms with Crippen LogP contribution in [0, 0.1) is 0 Å². The molecule has 0 spiro atoms. The second kappa shape index (κ2) is 7.32. The first kappa shape index (κ1) is 18.9. The summed E-state index contributed by atoms with van der Waals surface area (Å²) >= 11 is 0. The van der Waals surface area contributed by atoms with Gasteiger partial charge in [-0.3, -0.25) is 4.90 Å². The highest BCUT2D eigenvalue weighted by atomic mass is 16.3. The molecule has 1 aliphatic rings. The van der Waals surface area contributed by atoms with Gasteiger partial charge in [-0.05, 0) is 43.2 Å². The topological polar surface area (TPSA) is 91.1 Å². The molecule has 3 aromatic heterocycles. The molecule has 0 amide bonds. The van der Waals surface area contributed by atoms with Gasteiger partial charge in [-0.2, -0.15) is 0 Å². The van der Waals surface area contributed by atoms with Crippen LogP contribution < -0.4 is 5.73 Å². The standard InChI is InChI=1S/C24H25N5O/c1-24(25)10-11-29(15-24)23(30)20-9-5-8-19(27-20)18-12-17-13-21(28-22(17)26-14-18)16-6-3-2-4-7-16/h2-9,12-14,23,30H,10-11,15,25H2,1H3,(H,26,28). The molecule has 6 nitrogen and oxygen atoms in total. The first-order valence-corrected chi connectivity index (χ1v) is 10.2. The van der Waals surface area contributed by atoms with E-state index in [2.05, 4.69) is 34.2 Å². The number of rotatable bonds is 4. The molecular formula is C24H25N5O. The van der Waals surface area contributed by atoms with Crippen LogP contribution in [0.15, 0.2) is 66.9 Å². The van der Waals surface area contributed by atoms with Crippen molar-refractivity contribution in [2.24, 2.45) is 5.73 Å². The molecule has 1 fully saturated rings. The third-order valence-corrected chi connectivity index (χ3v) is 5.77. The zero-order chi connectivity index (χ0) is 20.7. The molecule has 1 aliphatic heterocycles. The minimum atomic E-state index is -0.760. The monoisotopic (exact) mass is 399 g/mol. The van der Waals surface area contributed by atoms with Crippen LogP contribution in [-0.4, -0.2) is 43.6 Å². The van der Waals surface area contributed by atoms with Crippen molar-refractivity contribution in [3.8, 4) is 22.5 Å². The molecule has 4 aromatic rings. The number of benzene rings is 1. The number of likely N-dealkylation sites (tertiary alicyclic amines) is 1. The number of hydrogen-bond donors (Lipinski definition) is 3. The predicted octanol–water partition coefficient (Wildman–Crippen LogP) is 3.71. The van der Waals surface area contributed by atoms with Gasteiger partial charge in [-0.15, -0.1) is 0 Å². The number of pyridine rings is 2. The van der Waals surface area contributed by atoms with Crippen molar-refractivity contribution in [1.82, 2.24) is 19.9 Å². The number of fused-ring (bicyclic) bond motifs is 1. The van der Waals surface area contributed by atoms with Crippen molar-refractivity contribution < 1.29 is 5.11 Å². The molecule has 0 bridgehead atoms. The SMILES string of the molecule is CC1(N)CCN(C(O)c2cccc(-c3cnc4[nH]c(-c5ccccc5)cc4c3)n2)C1.